The molecule has 1 aromatic rings. The van der Waals surface area contributed by atoms with E-state index in [1.165, 1.54) is 17.0 Å². The zero-order valence-corrected chi connectivity index (χ0v) is 13.5. The monoisotopic (exact) mass is 348 g/mol. The lowest BCUT2D eigenvalue weighted by Gasteiger charge is -2.23. The van der Waals surface area contributed by atoms with E-state index in [2.05, 4.69) is 15.9 Å². The first-order valence-corrected chi connectivity index (χ1v) is 7.21. The standard InChI is InChI=1S/C14H19BrF2N2O/c1-4-7-19(9-13(20)18(2)3)8-10-12(16)6-5-11(15)14(10)17/h5-6H,4,7-9H2,1-3H3. The van der Waals surface area contributed by atoms with Gasteiger partial charge in [-0.05, 0) is 41.0 Å². The molecule has 1 aromatic carbocycles. The van der Waals surface area contributed by atoms with Crippen LogP contribution in [0.3, 0.4) is 0 Å². The zero-order chi connectivity index (χ0) is 15.3. The van der Waals surface area contributed by atoms with Crippen molar-refractivity contribution < 1.29 is 13.6 Å². The Kier molecular flexibility index (Phi) is 6.55. The Morgan fingerprint density at radius 3 is 2.50 bits per heavy atom. The first-order chi connectivity index (χ1) is 9.36. The van der Waals surface area contributed by atoms with Crippen LogP contribution in [0.2, 0.25) is 0 Å². The van der Waals surface area contributed by atoms with Gasteiger partial charge in [-0.15, -0.1) is 0 Å². The number of carbonyl (C=O) groups is 1. The third-order valence-corrected chi connectivity index (χ3v) is 3.53. The number of benzene rings is 1. The molecule has 112 valence electrons. The molecule has 0 aliphatic heterocycles. The summed E-state index contributed by atoms with van der Waals surface area (Å²) in [5.41, 5.74) is -0.0145. The van der Waals surface area contributed by atoms with E-state index in [0.717, 1.165) is 6.42 Å². The molecule has 0 aromatic heterocycles. The van der Waals surface area contributed by atoms with Gasteiger partial charge >= 0.3 is 0 Å². The number of rotatable bonds is 6. The lowest BCUT2D eigenvalue weighted by Crippen LogP contribution is -2.37. The van der Waals surface area contributed by atoms with E-state index in [9.17, 15) is 13.6 Å². The highest BCUT2D eigenvalue weighted by Gasteiger charge is 2.18. The Hall–Kier alpha value is -1.01. The van der Waals surface area contributed by atoms with Gasteiger partial charge in [-0.2, -0.15) is 0 Å². The SMILES string of the molecule is CCCN(CC(=O)N(C)C)Cc1c(F)ccc(Br)c1F. The Labute approximate surface area is 126 Å². The van der Waals surface area contributed by atoms with Gasteiger partial charge in [0.2, 0.25) is 5.91 Å². The fraction of sp³-hybridized carbons (Fsp3) is 0.500. The maximum Gasteiger partial charge on any atom is 0.236 e. The molecule has 0 radical (unpaired) electrons. The Bertz CT molecular complexity index is 480. The number of likely N-dealkylation sites (N-methyl/N-ethyl adjacent to an activating group) is 1. The highest BCUT2D eigenvalue weighted by atomic mass is 79.9. The first kappa shape index (κ1) is 17.0. The highest BCUT2D eigenvalue weighted by Crippen LogP contribution is 2.23. The summed E-state index contributed by atoms with van der Waals surface area (Å²) < 4.78 is 27.9. The average Bonchev–Trinajstić information content (AvgIpc) is 2.39. The smallest absolute Gasteiger partial charge is 0.236 e. The van der Waals surface area contributed by atoms with Crippen molar-refractivity contribution in [2.45, 2.75) is 19.9 Å². The Balaban J connectivity index is 2.91. The molecule has 0 saturated heterocycles. The van der Waals surface area contributed by atoms with Crippen LogP contribution in [-0.2, 0) is 11.3 Å². The van der Waals surface area contributed by atoms with Crippen LogP contribution in [-0.4, -0.2) is 42.9 Å². The van der Waals surface area contributed by atoms with Gasteiger partial charge in [0, 0.05) is 26.2 Å². The predicted octanol–water partition coefficient (Wildman–Crippen LogP) is 3.03. The molecule has 20 heavy (non-hydrogen) atoms. The molecular weight excluding hydrogens is 330 g/mol. The van der Waals surface area contributed by atoms with Crippen molar-refractivity contribution in [2.24, 2.45) is 0 Å². The van der Waals surface area contributed by atoms with Crippen LogP contribution in [0.4, 0.5) is 8.78 Å². The maximum atomic E-state index is 14.0. The second-order valence-electron chi connectivity index (χ2n) is 4.82. The van der Waals surface area contributed by atoms with Crippen molar-refractivity contribution >= 4 is 21.8 Å². The van der Waals surface area contributed by atoms with Gasteiger partial charge in [-0.25, -0.2) is 8.78 Å². The molecule has 0 bridgehead atoms. The predicted molar refractivity (Wildman–Crippen MR) is 78.3 cm³/mol. The molecule has 0 heterocycles. The van der Waals surface area contributed by atoms with E-state index in [0.29, 0.717) is 6.54 Å². The highest BCUT2D eigenvalue weighted by molar-refractivity contribution is 9.10. The van der Waals surface area contributed by atoms with E-state index in [4.69, 9.17) is 0 Å². The molecule has 0 fully saturated rings. The lowest BCUT2D eigenvalue weighted by molar-refractivity contribution is -0.130. The summed E-state index contributed by atoms with van der Waals surface area (Å²) in [6.45, 7) is 2.78. The van der Waals surface area contributed by atoms with E-state index in [1.807, 2.05) is 6.92 Å². The van der Waals surface area contributed by atoms with Crippen LogP contribution in [0.5, 0.6) is 0 Å². The van der Waals surface area contributed by atoms with Crippen molar-refractivity contribution in [1.82, 2.24) is 9.80 Å². The maximum absolute atomic E-state index is 14.0. The Morgan fingerprint density at radius 2 is 1.95 bits per heavy atom. The molecule has 0 spiro atoms. The molecule has 0 atom stereocenters. The van der Waals surface area contributed by atoms with Crippen molar-refractivity contribution in [3.05, 3.63) is 33.8 Å². The number of halogens is 3. The van der Waals surface area contributed by atoms with Gasteiger partial charge in [0.1, 0.15) is 11.6 Å². The van der Waals surface area contributed by atoms with Gasteiger partial charge < -0.3 is 4.90 Å². The number of hydrogen-bond donors (Lipinski definition) is 0. The van der Waals surface area contributed by atoms with E-state index >= 15 is 0 Å². The topological polar surface area (TPSA) is 23.6 Å². The number of carbonyl (C=O) groups excluding carboxylic acids is 1. The van der Waals surface area contributed by atoms with Crippen molar-refractivity contribution in [1.29, 1.82) is 0 Å². The second-order valence-corrected chi connectivity index (χ2v) is 5.67. The number of nitrogens with zero attached hydrogens (tertiary/aromatic N) is 2. The average molecular weight is 349 g/mol. The second kappa shape index (κ2) is 7.69. The number of hydrogen-bond acceptors (Lipinski definition) is 2. The molecule has 0 saturated carbocycles. The lowest BCUT2D eigenvalue weighted by atomic mass is 10.1. The molecule has 6 heteroatoms. The van der Waals surface area contributed by atoms with Gasteiger partial charge in [0.15, 0.2) is 0 Å². The third-order valence-electron chi connectivity index (χ3n) is 2.92. The summed E-state index contributed by atoms with van der Waals surface area (Å²) in [7, 11) is 3.32. The molecular formula is C14H19BrF2N2O. The van der Waals surface area contributed by atoms with Gasteiger partial charge in [0.05, 0.1) is 11.0 Å². The fourth-order valence-corrected chi connectivity index (χ4v) is 2.17. The normalized spacial score (nSPS) is 10.9. The van der Waals surface area contributed by atoms with Crippen LogP contribution in [0.1, 0.15) is 18.9 Å². The molecule has 0 unspecified atom stereocenters. The third kappa shape index (κ3) is 4.52. The minimum Gasteiger partial charge on any atom is -0.348 e. The van der Waals surface area contributed by atoms with Crippen LogP contribution in [0.15, 0.2) is 16.6 Å². The molecule has 1 rings (SSSR count). The summed E-state index contributed by atoms with van der Waals surface area (Å²) in [6.07, 6.45) is 0.804. The summed E-state index contributed by atoms with van der Waals surface area (Å²) in [6, 6.07) is 2.56. The summed E-state index contributed by atoms with van der Waals surface area (Å²) in [4.78, 5) is 15.0. The Morgan fingerprint density at radius 1 is 1.30 bits per heavy atom. The van der Waals surface area contributed by atoms with Gasteiger partial charge in [0.25, 0.3) is 0 Å². The summed E-state index contributed by atoms with van der Waals surface area (Å²) in [5, 5.41) is 0. The first-order valence-electron chi connectivity index (χ1n) is 6.41. The van der Waals surface area contributed by atoms with Crippen LogP contribution < -0.4 is 0 Å². The molecule has 1 amide bonds. The zero-order valence-electron chi connectivity index (χ0n) is 11.9. The van der Waals surface area contributed by atoms with Crippen LogP contribution in [0, 0.1) is 11.6 Å². The quantitative estimate of drug-likeness (QED) is 0.737. The molecule has 0 N–H and O–H groups in total. The largest absolute Gasteiger partial charge is 0.348 e. The van der Waals surface area contributed by atoms with Crippen LogP contribution in [0.25, 0.3) is 0 Å². The van der Waals surface area contributed by atoms with Crippen molar-refractivity contribution in [3.63, 3.8) is 0 Å². The number of amides is 1. The van der Waals surface area contributed by atoms with Crippen LogP contribution >= 0.6 is 15.9 Å². The van der Waals surface area contributed by atoms with E-state index in [-0.39, 0.29) is 29.0 Å². The summed E-state index contributed by atoms with van der Waals surface area (Å²) >= 11 is 3.05. The van der Waals surface area contributed by atoms with Crippen molar-refractivity contribution in [2.75, 3.05) is 27.2 Å². The van der Waals surface area contributed by atoms with E-state index in [1.54, 1.807) is 19.0 Å². The minimum atomic E-state index is -0.608. The summed E-state index contributed by atoms with van der Waals surface area (Å²) in [5.74, 6) is -1.29. The molecule has 0 aliphatic rings. The fourth-order valence-electron chi connectivity index (χ4n) is 1.80. The molecule has 3 nitrogen and oxygen atoms in total. The van der Waals surface area contributed by atoms with Gasteiger partial charge in [-0.3, -0.25) is 9.69 Å². The minimum absolute atomic E-state index is 0.0145. The molecule has 0 aliphatic carbocycles. The van der Waals surface area contributed by atoms with Gasteiger partial charge in [-0.1, -0.05) is 6.92 Å². The van der Waals surface area contributed by atoms with E-state index < -0.39 is 11.6 Å². The van der Waals surface area contributed by atoms with Crippen molar-refractivity contribution in [3.8, 4) is 0 Å².